The van der Waals surface area contributed by atoms with Crippen LogP contribution in [-0.2, 0) is 0 Å². The molecule has 0 aliphatic rings. The third-order valence-corrected chi connectivity index (χ3v) is 3.44. The highest BCUT2D eigenvalue weighted by Gasteiger charge is 2.20. The van der Waals surface area contributed by atoms with E-state index in [2.05, 4.69) is 15.9 Å². The van der Waals surface area contributed by atoms with E-state index >= 15 is 0 Å². The number of hydrogen-bond donors (Lipinski definition) is 3. The Morgan fingerprint density at radius 2 is 2.05 bits per heavy atom. The maximum Gasteiger partial charge on any atom is 0.253 e. The number of nitrogens with two attached hydrogens (primary N) is 1. The highest BCUT2D eigenvalue weighted by Crippen LogP contribution is 2.22. The van der Waals surface area contributed by atoms with Crippen molar-refractivity contribution in [2.75, 3.05) is 5.43 Å². The number of anilines is 1. The van der Waals surface area contributed by atoms with E-state index in [9.17, 15) is 4.79 Å². The summed E-state index contributed by atoms with van der Waals surface area (Å²) in [6.07, 6.45) is 0. The van der Waals surface area contributed by atoms with Crippen LogP contribution in [0.3, 0.4) is 0 Å². The fourth-order valence-corrected chi connectivity index (χ4v) is 2.43. The molecular formula is C15H20N4O2. The van der Waals surface area contributed by atoms with Gasteiger partial charge in [0.25, 0.3) is 5.91 Å². The van der Waals surface area contributed by atoms with E-state index in [0.29, 0.717) is 17.0 Å². The lowest BCUT2D eigenvalue weighted by Gasteiger charge is -2.16. The van der Waals surface area contributed by atoms with Crippen molar-refractivity contribution >= 4 is 11.6 Å². The first-order chi connectivity index (χ1) is 9.93. The number of nitrogens with zero attached hydrogens (tertiary/aromatic N) is 1. The fraction of sp³-hybridized carbons (Fsp3) is 0.333. The summed E-state index contributed by atoms with van der Waals surface area (Å²) >= 11 is 0. The van der Waals surface area contributed by atoms with Gasteiger partial charge >= 0.3 is 0 Å². The van der Waals surface area contributed by atoms with Crippen LogP contribution in [0.25, 0.3) is 0 Å². The standard InChI is InChI=1S/C15H20N4O2/c1-8-5-6-13(18-16)12(7-8)15(20)17-9(2)14-10(3)19-21-11(14)4/h5-7,9,18H,16H2,1-4H3,(H,17,20). The summed E-state index contributed by atoms with van der Waals surface area (Å²) in [5, 5.41) is 6.85. The second kappa shape index (κ2) is 5.97. The Morgan fingerprint density at radius 3 is 2.62 bits per heavy atom. The average molecular weight is 288 g/mol. The van der Waals surface area contributed by atoms with Crippen LogP contribution < -0.4 is 16.6 Å². The molecule has 0 radical (unpaired) electrons. The second-order valence-electron chi connectivity index (χ2n) is 5.13. The number of hydrogen-bond acceptors (Lipinski definition) is 5. The molecule has 21 heavy (non-hydrogen) atoms. The predicted octanol–water partition coefficient (Wildman–Crippen LogP) is 2.38. The van der Waals surface area contributed by atoms with Crippen LogP contribution in [0.4, 0.5) is 5.69 Å². The van der Waals surface area contributed by atoms with Crippen molar-refractivity contribution < 1.29 is 9.32 Å². The van der Waals surface area contributed by atoms with Crippen LogP contribution in [-0.4, -0.2) is 11.1 Å². The van der Waals surface area contributed by atoms with Crippen LogP contribution in [0, 0.1) is 20.8 Å². The number of rotatable bonds is 4. The van der Waals surface area contributed by atoms with Crippen molar-refractivity contribution in [3.63, 3.8) is 0 Å². The SMILES string of the molecule is Cc1ccc(NN)c(C(=O)NC(C)c2c(C)noc2C)c1. The molecule has 1 unspecified atom stereocenters. The molecule has 0 aliphatic heterocycles. The molecule has 1 atom stereocenters. The summed E-state index contributed by atoms with van der Waals surface area (Å²) < 4.78 is 5.13. The number of benzene rings is 1. The van der Waals surface area contributed by atoms with Gasteiger partial charge in [-0.3, -0.25) is 10.6 Å². The summed E-state index contributed by atoms with van der Waals surface area (Å²) in [6, 6.07) is 5.27. The monoisotopic (exact) mass is 288 g/mol. The van der Waals surface area contributed by atoms with E-state index in [4.69, 9.17) is 10.4 Å². The van der Waals surface area contributed by atoms with E-state index in [0.717, 1.165) is 16.8 Å². The molecule has 0 saturated carbocycles. The summed E-state index contributed by atoms with van der Waals surface area (Å²) in [5.74, 6) is 5.97. The van der Waals surface area contributed by atoms with Crippen LogP contribution in [0.5, 0.6) is 0 Å². The van der Waals surface area contributed by atoms with Gasteiger partial charge in [0.15, 0.2) is 0 Å². The topological polar surface area (TPSA) is 93.2 Å². The molecule has 1 amide bonds. The van der Waals surface area contributed by atoms with Crippen LogP contribution >= 0.6 is 0 Å². The van der Waals surface area contributed by atoms with E-state index in [1.165, 1.54) is 0 Å². The Labute approximate surface area is 123 Å². The van der Waals surface area contributed by atoms with Crippen LogP contribution in [0.1, 0.15) is 45.9 Å². The number of carbonyl (C=O) groups excluding carboxylic acids is 1. The zero-order chi connectivity index (χ0) is 15.6. The highest BCUT2D eigenvalue weighted by atomic mass is 16.5. The lowest BCUT2D eigenvalue weighted by atomic mass is 10.0. The van der Waals surface area contributed by atoms with Crippen molar-refractivity contribution in [1.82, 2.24) is 10.5 Å². The molecule has 0 spiro atoms. The minimum atomic E-state index is -0.199. The van der Waals surface area contributed by atoms with Gasteiger partial charge in [-0.25, -0.2) is 0 Å². The molecule has 0 fully saturated rings. The van der Waals surface area contributed by atoms with Crippen molar-refractivity contribution in [3.05, 3.63) is 46.3 Å². The van der Waals surface area contributed by atoms with Crippen molar-refractivity contribution in [3.8, 4) is 0 Å². The third-order valence-electron chi connectivity index (χ3n) is 3.44. The fourth-order valence-electron chi connectivity index (χ4n) is 2.43. The lowest BCUT2D eigenvalue weighted by molar-refractivity contribution is 0.0940. The maximum absolute atomic E-state index is 12.4. The van der Waals surface area contributed by atoms with Gasteiger partial charge in [0.1, 0.15) is 5.76 Å². The minimum absolute atomic E-state index is 0.195. The van der Waals surface area contributed by atoms with Crippen LogP contribution in [0.15, 0.2) is 22.7 Å². The third kappa shape index (κ3) is 3.05. The molecule has 6 heteroatoms. The highest BCUT2D eigenvalue weighted by molar-refractivity contribution is 6.00. The van der Waals surface area contributed by atoms with Crippen LogP contribution in [0.2, 0.25) is 0 Å². The summed E-state index contributed by atoms with van der Waals surface area (Å²) in [7, 11) is 0. The van der Waals surface area contributed by atoms with Gasteiger partial charge in [-0.2, -0.15) is 0 Å². The first kappa shape index (κ1) is 15.1. The van der Waals surface area contributed by atoms with Crippen molar-refractivity contribution in [2.45, 2.75) is 33.7 Å². The smallest absolute Gasteiger partial charge is 0.253 e. The molecule has 0 bridgehead atoms. The molecule has 2 aromatic rings. The van der Waals surface area contributed by atoms with Gasteiger partial charge in [0.05, 0.1) is 23.0 Å². The largest absolute Gasteiger partial charge is 0.361 e. The quantitative estimate of drug-likeness (QED) is 0.593. The zero-order valence-electron chi connectivity index (χ0n) is 12.7. The Kier molecular flexibility index (Phi) is 4.28. The van der Waals surface area contributed by atoms with Crippen molar-refractivity contribution in [2.24, 2.45) is 5.84 Å². The Balaban J connectivity index is 2.24. The first-order valence-corrected chi connectivity index (χ1v) is 6.75. The second-order valence-corrected chi connectivity index (χ2v) is 5.13. The van der Waals surface area contributed by atoms with Gasteiger partial charge < -0.3 is 15.3 Å². The Morgan fingerprint density at radius 1 is 1.33 bits per heavy atom. The number of carbonyl (C=O) groups is 1. The summed E-state index contributed by atoms with van der Waals surface area (Å²) in [4.78, 5) is 12.4. The number of nitrogens with one attached hydrogen (secondary N) is 2. The first-order valence-electron chi connectivity index (χ1n) is 6.75. The molecule has 0 saturated heterocycles. The van der Waals surface area contributed by atoms with E-state index in [1.807, 2.05) is 33.8 Å². The molecule has 1 aromatic carbocycles. The van der Waals surface area contributed by atoms with Gasteiger partial charge in [-0.15, -0.1) is 0 Å². The van der Waals surface area contributed by atoms with E-state index < -0.39 is 0 Å². The van der Waals surface area contributed by atoms with E-state index in [-0.39, 0.29) is 11.9 Å². The zero-order valence-corrected chi connectivity index (χ0v) is 12.7. The predicted molar refractivity (Wildman–Crippen MR) is 80.8 cm³/mol. The molecule has 1 heterocycles. The molecule has 0 aliphatic carbocycles. The molecule has 1 aromatic heterocycles. The minimum Gasteiger partial charge on any atom is -0.361 e. The average Bonchev–Trinajstić information content (AvgIpc) is 2.78. The van der Waals surface area contributed by atoms with Gasteiger partial charge in [-0.1, -0.05) is 16.8 Å². The summed E-state index contributed by atoms with van der Waals surface area (Å²) in [6.45, 7) is 7.51. The maximum atomic E-state index is 12.4. The van der Waals surface area contributed by atoms with Gasteiger partial charge in [0, 0.05) is 5.56 Å². The molecule has 4 N–H and O–H groups in total. The number of amides is 1. The van der Waals surface area contributed by atoms with Gasteiger partial charge in [-0.05, 0) is 39.8 Å². The van der Waals surface area contributed by atoms with Gasteiger partial charge in [0.2, 0.25) is 0 Å². The molecule has 2 rings (SSSR count). The number of aromatic nitrogens is 1. The lowest BCUT2D eigenvalue weighted by Crippen LogP contribution is -2.28. The van der Waals surface area contributed by atoms with Crippen molar-refractivity contribution in [1.29, 1.82) is 0 Å². The molecule has 6 nitrogen and oxygen atoms in total. The number of aryl methyl sites for hydroxylation is 3. The van der Waals surface area contributed by atoms with E-state index in [1.54, 1.807) is 12.1 Å². The Bertz CT molecular complexity index is 644. The number of hydrazine groups is 1. The molecular weight excluding hydrogens is 268 g/mol. The Hall–Kier alpha value is -2.34. The molecule has 112 valence electrons. The normalized spacial score (nSPS) is 12.0. The summed E-state index contributed by atoms with van der Waals surface area (Å²) in [5.41, 5.74) is 6.31. The number of nitrogen functional groups attached to an aromatic ring is 1.